The largest absolute Gasteiger partial charge is 0.312 e. The normalized spacial score (nSPS) is 13.8. The topological polar surface area (TPSA) is 66.1 Å². The number of benzene rings is 2. The molecule has 2 heterocycles. The number of anilines is 1. The van der Waals surface area contributed by atoms with Crippen molar-refractivity contribution in [1.82, 2.24) is 10.2 Å². The van der Waals surface area contributed by atoms with Crippen molar-refractivity contribution in [3.8, 4) is 0 Å². The third-order valence-corrected chi connectivity index (χ3v) is 4.50. The molecule has 4 rings (SSSR count). The van der Waals surface area contributed by atoms with Crippen LogP contribution >= 0.6 is 0 Å². The summed E-state index contributed by atoms with van der Waals surface area (Å²) >= 11 is 0. The molecule has 1 aromatic heterocycles. The first kappa shape index (κ1) is 14.6. The molecule has 0 saturated carbocycles. The van der Waals surface area contributed by atoms with Gasteiger partial charge in [0.1, 0.15) is 0 Å². The molecule has 5 heteroatoms. The summed E-state index contributed by atoms with van der Waals surface area (Å²) in [5.41, 5.74) is 2.57. The number of para-hydroxylation sites is 1. The summed E-state index contributed by atoms with van der Waals surface area (Å²) in [4.78, 5) is 26.6. The molecule has 0 bridgehead atoms. The quantitative estimate of drug-likeness (QED) is 0.789. The van der Waals surface area contributed by atoms with Crippen LogP contribution in [0.2, 0.25) is 0 Å². The Kier molecular flexibility index (Phi) is 3.61. The van der Waals surface area contributed by atoms with E-state index in [0.29, 0.717) is 11.1 Å². The molecule has 5 nitrogen and oxygen atoms in total. The average molecular weight is 319 g/mol. The molecule has 1 N–H and O–H groups in total. The first-order chi connectivity index (χ1) is 11.7. The van der Waals surface area contributed by atoms with E-state index in [4.69, 9.17) is 0 Å². The number of hydrogen-bond acceptors (Lipinski definition) is 3. The highest BCUT2D eigenvalue weighted by Gasteiger charge is 2.23. The zero-order valence-electron chi connectivity index (χ0n) is 13.2. The van der Waals surface area contributed by atoms with Crippen LogP contribution in [0.15, 0.2) is 53.3 Å². The second-order valence-electron chi connectivity index (χ2n) is 6.00. The number of H-pyrrole nitrogens is 1. The molecule has 2 aromatic carbocycles. The molecule has 1 aliphatic heterocycles. The van der Waals surface area contributed by atoms with Crippen molar-refractivity contribution < 1.29 is 4.79 Å². The summed E-state index contributed by atoms with van der Waals surface area (Å²) < 4.78 is 0. The lowest BCUT2D eigenvalue weighted by Gasteiger charge is -2.29. The van der Waals surface area contributed by atoms with Crippen molar-refractivity contribution in [2.45, 2.75) is 19.3 Å². The number of aromatic amines is 1. The Morgan fingerprint density at radius 1 is 1.08 bits per heavy atom. The van der Waals surface area contributed by atoms with E-state index in [9.17, 15) is 9.59 Å². The van der Waals surface area contributed by atoms with Crippen molar-refractivity contribution in [2.24, 2.45) is 0 Å². The Morgan fingerprint density at radius 3 is 2.71 bits per heavy atom. The van der Waals surface area contributed by atoms with Crippen LogP contribution in [0.1, 0.15) is 17.7 Å². The van der Waals surface area contributed by atoms with Crippen LogP contribution in [-0.4, -0.2) is 22.6 Å². The number of nitrogens with one attached hydrogen (secondary N) is 1. The average Bonchev–Trinajstić information content (AvgIpc) is 2.64. The van der Waals surface area contributed by atoms with Gasteiger partial charge in [-0.2, -0.15) is 5.10 Å². The lowest BCUT2D eigenvalue weighted by atomic mass is 10.0. The number of fused-ring (bicyclic) bond motifs is 2. The Morgan fingerprint density at radius 2 is 1.83 bits per heavy atom. The molecule has 1 amide bonds. The minimum Gasteiger partial charge on any atom is -0.312 e. The van der Waals surface area contributed by atoms with Gasteiger partial charge in [0, 0.05) is 17.6 Å². The lowest BCUT2D eigenvalue weighted by molar-refractivity contribution is -0.118. The number of hydrogen-bond donors (Lipinski definition) is 1. The van der Waals surface area contributed by atoms with E-state index in [1.54, 1.807) is 6.07 Å². The fraction of sp³-hybridized carbons (Fsp3) is 0.211. The third-order valence-electron chi connectivity index (χ3n) is 4.50. The molecule has 3 aromatic rings. The number of amides is 1. The van der Waals surface area contributed by atoms with Crippen molar-refractivity contribution >= 4 is 22.4 Å². The van der Waals surface area contributed by atoms with E-state index in [1.807, 2.05) is 41.3 Å². The first-order valence-corrected chi connectivity index (χ1v) is 8.08. The highest BCUT2D eigenvalue weighted by molar-refractivity contribution is 5.98. The van der Waals surface area contributed by atoms with Crippen molar-refractivity contribution in [2.75, 3.05) is 11.4 Å². The Labute approximate surface area is 138 Å². The van der Waals surface area contributed by atoms with E-state index in [2.05, 4.69) is 16.3 Å². The van der Waals surface area contributed by atoms with Crippen LogP contribution in [-0.2, 0) is 17.6 Å². The minimum absolute atomic E-state index is 0.00634. The van der Waals surface area contributed by atoms with Gasteiger partial charge in [-0.1, -0.05) is 36.4 Å². The second-order valence-corrected chi connectivity index (χ2v) is 6.00. The van der Waals surface area contributed by atoms with Crippen LogP contribution in [0.3, 0.4) is 0 Å². The highest BCUT2D eigenvalue weighted by Crippen LogP contribution is 2.27. The molecule has 24 heavy (non-hydrogen) atoms. The minimum atomic E-state index is -0.231. The van der Waals surface area contributed by atoms with Crippen molar-refractivity contribution in [1.29, 1.82) is 0 Å². The van der Waals surface area contributed by atoms with Gasteiger partial charge < -0.3 is 4.90 Å². The summed E-state index contributed by atoms with van der Waals surface area (Å²) in [6.45, 7) is 0.719. The van der Waals surface area contributed by atoms with Crippen LogP contribution in [0.5, 0.6) is 0 Å². The molecular weight excluding hydrogens is 302 g/mol. The molecule has 0 aliphatic carbocycles. The standard InChI is InChI=1S/C19H17N3O2/c23-18(22-11-5-7-13-6-1-4-10-17(13)22)12-16-14-8-2-3-9-15(14)19(24)21-20-16/h1-4,6,8-10H,5,7,11-12H2,(H,21,24). The van der Waals surface area contributed by atoms with Crippen molar-refractivity contribution in [3.05, 3.63) is 70.1 Å². The summed E-state index contributed by atoms with van der Waals surface area (Å²) in [6.07, 6.45) is 2.13. The van der Waals surface area contributed by atoms with Crippen LogP contribution in [0.25, 0.3) is 10.8 Å². The summed E-state index contributed by atoms with van der Waals surface area (Å²) in [5.74, 6) is 0.00634. The zero-order chi connectivity index (χ0) is 16.5. The van der Waals surface area contributed by atoms with E-state index >= 15 is 0 Å². The fourth-order valence-electron chi connectivity index (χ4n) is 3.34. The smallest absolute Gasteiger partial charge is 0.272 e. The van der Waals surface area contributed by atoms with Crippen LogP contribution in [0.4, 0.5) is 5.69 Å². The molecule has 0 atom stereocenters. The zero-order valence-corrected chi connectivity index (χ0v) is 13.2. The molecule has 120 valence electrons. The van der Waals surface area contributed by atoms with Gasteiger partial charge in [-0.15, -0.1) is 0 Å². The van der Waals surface area contributed by atoms with E-state index < -0.39 is 0 Å². The van der Waals surface area contributed by atoms with E-state index in [1.165, 1.54) is 5.56 Å². The van der Waals surface area contributed by atoms with Gasteiger partial charge in [-0.05, 0) is 30.5 Å². The highest BCUT2D eigenvalue weighted by atomic mass is 16.2. The maximum absolute atomic E-state index is 12.9. The maximum Gasteiger partial charge on any atom is 0.272 e. The molecular formula is C19H17N3O2. The molecule has 0 unspecified atom stereocenters. The lowest BCUT2D eigenvalue weighted by Crippen LogP contribution is -2.36. The molecule has 0 fully saturated rings. The van der Waals surface area contributed by atoms with Crippen LogP contribution in [0, 0.1) is 0 Å². The molecule has 0 radical (unpaired) electrons. The number of aryl methyl sites for hydroxylation is 1. The number of rotatable bonds is 2. The Bertz CT molecular complexity index is 978. The van der Waals surface area contributed by atoms with Gasteiger partial charge >= 0.3 is 0 Å². The SMILES string of the molecule is O=C(Cc1n[nH]c(=O)c2ccccc12)N1CCCc2ccccc21. The Balaban J connectivity index is 1.69. The summed E-state index contributed by atoms with van der Waals surface area (Å²) in [5, 5.41) is 7.91. The van der Waals surface area contributed by atoms with Crippen LogP contribution < -0.4 is 10.5 Å². The van der Waals surface area contributed by atoms with Gasteiger partial charge in [-0.3, -0.25) is 9.59 Å². The van der Waals surface area contributed by atoms with Gasteiger partial charge in [0.2, 0.25) is 5.91 Å². The number of carbonyl (C=O) groups excluding carboxylic acids is 1. The van der Waals surface area contributed by atoms with Gasteiger partial charge in [-0.25, -0.2) is 5.10 Å². The number of nitrogens with zero attached hydrogens (tertiary/aromatic N) is 2. The molecule has 0 spiro atoms. The van der Waals surface area contributed by atoms with E-state index in [-0.39, 0.29) is 17.9 Å². The monoisotopic (exact) mass is 319 g/mol. The van der Waals surface area contributed by atoms with Gasteiger partial charge in [0.25, 0.3) is 5.56 Å². The summed E-state index contributed by atoms with van der Waals surface area (Å²) in [6, 6.07) is 15.3. The number of aromatic nitrogens is 2. The fourth-order valence-corrected chi connectivity index (χ4v) is 3.34. The molecule has 0 saturated heterocycles. The van der Waals surface area contributed by atoms with Crippen molar-refractivity contribution in [3.63, 3.8) is 0 Å². The second kappa shape index (κ2) is 5.92. The third kappa shape index (κ3) is 2.48. The predicted octanol–water partition coefficient (Wildman–Crippen LogP) is 2.45. The van der Waals surface area contributed by atoms with Gasteiger partial charge in [0.05, 0.1) is 17.5 Å². The maximum atomic E-state index is 12.9. The summed E-state index contributed by atoms with van der Waals surface area (Å²) in [7, 11) is 0. The first-order valence-electron chi connectivity index (χ1n) is 8.08. The molecule has 1 aliphatic rings. The van der Waals surface area contributed by atoms with Gasteiger partial charge in [0.15, 0.2) is 0 Å². The van der Waals surface area contributed by atoms with E-state index in [0.717, 1.165) is 30.5 Å². The Hall–Kier alpha value is -2.95. The predicted molar refractivity (Wildman–Crippen MR) is 93.2 cm³/mol. The number of carbonyl (C=O) groups is 1.